The molecule has 1 aromatic carbocycles. The highest BCUT2D eigenvalue weighted by Gasteiger charge is 2.25. The van der Waals surface area contributed by atoms with Crippen molar-refractivity contribution in [3.8, 4) is 5.75 Å². The zero-order chi connectivity index (χ0) is 18.2. The van der Waals surface area contributed by atoms with Gasteiger partial charge < -0.3 is 19.5 Å². The molecule has 0 aliphatic rings. The zero-order valence-electron chi connectivity index (χ0n) is 15.0. The summed E-state index contributed by atoms with van der Waals surface area (Å²) >= 11 is 0. The summed E-state index contributed by atoms with van der Waals surface area (Å²) in [6.07, 6.45) is -0.337. The summed E-state index contributed by atoms with van der Waals surface area (Å²) in [6, 6.07) is 6.56. The quantitative estimate of drug-likeness (QED) is 0.774. The molecule has 0 saturated carbocycles. The minimum atomic E-state index is -0.808. The van der Waals surface area contributed by atoms with Crippen molar-refractivity contribution in [2.24, 2.45) is 0 Å². The van der Waals surface area contributed by atoms with Crippen LogP contribution in [-0.4, -0.2) is 36.9 Å². The Morgan fingerprint density at radius 2 is 1.71 bits per heavy atom. The van der Waals surface area contributed by atoms with Gasteiger partial charge in [0.25, 0.3) is 0 Å². The summed E-state index contributed by atoms with van der Waals surface area (Å²) < 4.78 is 15.6. The van der Waals surface area contributed by atoms with Crippen LogP contribution in [-0.2, 0) is 20.7 Å². The van der Waals surface area contributed by atoms with Crippen molar-refractivity contribution in [2.45, 2.75) is 52.7 Å². The standard InChI is InChI=1S/C18H27NO5/c1-6-22-14-10-8-13(9-11-14)12-15(16(20)23-7-2)19-17(21)24-18(3,4)5/h8-11,15H,6-7,12H2,1-5H3,(H,19,21). The van der Waals surface area contributed by atoms with Crippen LogP contribution in [0.15, 0.2) is 24.3 Å². The van der Waals surface area contributed by atoms with E-state index in [4.69, 9.17) is 14.2 Å². The van der Waals surface area contributed by atoms with Crippen LogP contribution in [0.4, 0.5) is 4.79 Å². The van der Waals surface area contributed by atoms with Gasteiger partial charge in [0.05, 0.1) is 13.2 Å². The van der Waals surface area contributed by atoms with Gasteiger partial charge in [-0.1, -0.05) is 12.1 Å². The number of alkyl carbamates (subject to hydrolysis) is 1. The molecule has 1 amide bonds. The molecule has 0 aliphatic heterocycles. The molecular weight excluding hydrogens is 310 g/mol. The maximum Gasteiger partial charge on any atom is 0.408 e. The van der Waals surface area contributed by atoms with Gasteiger partial charge in [-0.3, -0.25) is 0 Å². The molecule has 24 heavy (non-hydrogen) atoms. The van der Waals surface area contributed by atoms with Gasteiger partial charge in [0.1, 0.15) is 17.4 Å². The van der Waals surface area contributed by atoms with Crippen molar-refractivity contribution in [1.82, 2.24) is 5.32 Å². The van der Waals surface area contributed by atoms with Crippen LogP contribution in [0.1, 0.15) is 40.2 Å². The van der Waals surface area contributed by atoms with Gasteiger partial charge in [0.15, 0.2) is 0 Å². The molecule has 134 valence electrons. The second-order valence-electron chi connectivity index (χ2n) is 6.23. The molecule has 0 fully saturated rings. The van der Waals surface area contributed by atoms with Crippen LogP contribution in [0.3, 0.4) is 0 Å². The Morgan fingerprint density at radius 3 is 2.21 bits per heavy atom. The molecule has 0 radical (unpaired) electrons. The second-order valence-corrected chi connectivity index (χ2v) is 6.23. The molecule has 0 aliphatic carbocycles. The minimum absolute atomic E-state index is 0.245. The SMILES string of the molecule is CCOC(=O)C(Cc1ccc(OCC)cc1)NC(=O)OC(C)(C)C. The topological polar surface area (TPSA) is 73.9 Å². The Bertz CT molecular complexity index is 533. The maximum absolute atomic E-state index is 12.1. The first-order valence-electron chi connectivity index (χ1n) is 8.13. The molecule has 1 rings (SSSR count). The molecule has 1 unspecified atom stereocenters. The van der Waals surface area contributed by atoms with Gasteiger partial charge in [0.2, 0.25) is 0 Å². The Morgan fingerprint density at radius 1 is 1.08 bits per heavy atom. The van der Waals surface area contributed by atoms with Crippen LogP contribution < -0.4 is 10.1 Å². The van der Waals surface area contributed by atoms with E-state index in [1.807, 2.05) is 31.2 Å². The number of nitrogens with one attached hydrogen (secondary N) is 1. The summed E-state index contributed by atoms with van der Waals surface area (Å²) in [4.78, 5) is 24.0. The fourth-order valence-corrected chi connectivity index (χ4v) is 2.01. The third kappa shape index (κ3) is 7.35. The third-order valence-corrected chi connectivity index (χ3v) is 2.94. The van der Waals surface area contributed by atoms with Crippen LogP contribution >= 0.6 is 0 Å². The first-order chi connectivity index (χ1) is 11.2. The summed E-state index contributed by atoms with van der Waals surface area (Å²) in [7, 11) is 0. The first kappa shape index (κ1) is 19.8. The molecule has 6 heteroatoms. The lowest BCUT2D eigenvalue weighted by Gasteiger charge is -2.23. The normalized spacial score (nSPS) is 12.2. The molecule has 0 bridgehead atoms. The molecular formula is C18H27NO5. The van der Waals surface area contributed by atoms with E-state index in [0.717, 1.165) is 11.3 Å². The van der Waals surface area contributed by atoms with E-state index >= 15 is 0 Å². The fraction of sp³-hybridized carbons (Fsp3) is 0.556. The van der Waals surface area contributed by atoms with Gasteiger partial charge in [-0.25, -0.2) is 9.59 Å². The number of carbonyl (C=O) groups excluding carboxylic acids is 2. The largest absolute Gasteiger partial charge is 0.494 e. The van der Waals surface area contributed by atoms with E-state index in [2.05, 4.69) is 5.32 Å². The highest BCUT2D eigenvalue weighted by atomic mass is 16.6. The van der Waals surface area contributed by atoms with Crippen molar-refractivity contribution >= 4 is 12.1 Å². The summed E-state index contributed by atoms with van der Waals surface area (Å²) in [6.45, 7) is 9.75. The number of rotatable bonds is 7. The van der Waals surface area contributed by atoms with Crippen LogP contribution in [0.25, 0.3) is 0 Å². The number of benzene rings is 1. The number of amides is 1. The van der Waals surface area contributed by atoms with Crippen molar-refractivity contribution in [3.05, 3.63) is 29.8 Å². The molecule has 6 nitrogen and oxygen atoms in total. The zero-order valence-corrected chi connectivity index (χ0v) is 15.0. The van der Waals surface area contributed by atoms with Gasteiger partial charge >= 0.3 is 12.1 Å². The Balaban J connectivity index is 2.78. The highest BCUT2D eigenvalue weighted by Crippen LogP contribution is 2.14. The average Bonchev–Trinajstić information content (AvgIpc) is 2.47. The van der Waals surface area contributed by atoms with Gasteiger partial charge in [-0.15, -0.1) is 0 Å². The predicted octanol–water partition coefficient (Wildman–Crippen LogP) is 3.08. The predicted molar refractivity (Wildman–Crippen MR) is 91.1 cm³/mol. The van der Waals surface area contributed by atoms with E-state index in [1.165, 1.54) is 0 Å². The summed E-state index contributed by atoms with van der Waals surface area (Å²) in [5.74, 6) is 0.270. The Labute approximate surface area is 143 Å². The number of hydrogen-bond acceptors (Lipinski definition) is 5. The summed E-state index contributed by atoms with van der Waals surface area (Å²) in [5, 5.41) is 2.58. The monoisotopic (exact) mass is 337 g/mol. The van der Waals surface area contributed by atoms with Crippen molar-refractivity contribution in [3.63, 3.8) is 0 Å². The third-order valence-electron chi connectivity index (χ3n) is 2.94. The second kappa shape index (κ2) is 9.15. The lowest BCUT2D eigenvalue weighted by Crippen LogP contribution is -2.45. The molecule has 1 aromatic rings. The Kier molecular flexibility index (Phi) is 7.55. The van der Waals surface area contributed by atoms with E-state index in [9.17, 15) is 9.59 Å². The van der Waals surface area contributed by atoms with Crippen molar-refractivity contribution in [1.29, 1.82) is 0 Å². The average molecular weight is 337 g/mol. The molecule has 0 aromatic heterocycles. The Hall–Kier alpha value is -2.24. The highest BCUT2D eigenvalue weighted by molar-refractivity contribution is 5.81. The van der Waals surface area contributed by atoms with Crippen molar-refractivity contribution in [2.75, 3.05) is 13.2 Å². The van der Waals surface area contributed by atoms with Gasteiger partial charge in [0, 0.05) is 6.42 Å². The van der Waals surface area contributed by atoms with Gasteiger partial charge in [-0.2, -0.15) is 0 Å². The molecule has 0 heterocycles. The van der Waals surface area contributed by atoms with Crippen LogP contribution in [0.2, 0.25) is 0 Å². The maximum atomic E-state index is 12.1. The van der Waals surface area contributed by atoms with Crippen LogP contribution in [0.5, 0.6) is 5.75 Å². The summed E-state index contributed by atoms with van der Waals surface area (Å²) in [5.41, 5.74) is 0.246. The molecule has 0 spiro atoms. The van der Waals surface area contributed by atoms with E-state index in [1.54, 1.807) is 27.7 Å². The minimum Gasteiger partial charge on any atom is -0.494 e. The number of ether oxygens (including phenoxy) is 3. The van der Waals surface area contributed by atoms with E-state index < -0.39 is 23.7 Å². The van der Waals surface area contributed by atoms with E-state index in [0.29, 0.717) is 13.0 Å². The van der Waals surface area contributed by atoms with Crippen LogP contribution in [0, 0.1) is 0 Å². The van der Waals surface area contributed by atoms with Crippen molar-refractivity contribution < 1.29 is 23.8 Å². The fourth-order valence-electron chi connectivity index (χ4n) is 2.01. The molecule has 1 N–H and O–H groups in total. The lowest BCUT2D eigenvalue weighted by molar-refractivity contribution is -0.145. The smallest absolute Gasteiger partial charge is 0.408 e. The molecule has 1 atom stereocenters. The first-order valence-corrected chi connectivity index (χ1v) is 8.13. The lowest BCUT2D eigenvalue weighted by atomic mass is 10.1. The number of carbonyl (C=O) groups is 2. The number of hydrogen-bond donors (Lipinski definition) is 1. The van der Waals surface area contributed by atoms with Gasteiger partial charge in [-0.05, 0) is 52.3 Å². The number of esters is 1. The van der Waals surface area contributed by atoms with E-state index in [-0.39, 0.29) is 6.61 Å². The molecule has 0 saturated heterocycles.